The Kier molecular flexibility index (Phi) is 3.58. The molecular weight excluding hydrogens is 225 g/mol. The lowest BCUT2D eigenvalue weighted by atomic mass is 10.0. The minimum Gasteiger partial charge on any atom is -0.454 e. The molecule has 0 saturated carbocycles. The summed E-state index contributed by atoms with van der Waals surface area (Å²) in [4.78, 5) is 12.0. The van der Waals surface area contributed by atoms with E-state index in [1.165, 1.54) is 0 Å². The van der Waals surface area contributed by atoms with Crippen LogP contribution in [0.4, 0.5) is 4.39 Å². The molecule has 1 unspecified atom stereocenters. The third-order valence-electron chi connectivity index (χ3n) is 2.60. The molecule has 1 aromatic rings. The van der Waals surface area contributed by atoms with E-state index in [0.29, 0.717) is 17.1 Å². The Labute approximate surface area is 98.7 Å². The van der Waals surface area contributed by atoms with Crippen molar-refractivity contribution in [1.82, 2.24) is 5.32 Å². The van der Waals surface area contributed by atoms with Gasteiger partial charge in [0, 0.05) is 12.1 Å². The number of halogens is 1. The Morgan fingerprint density at radius 1 is 1.47 bits per heavy atom. The molecule has 1 aromatic carbocycles. The number of Topliss-reactive ketones (excluding diaryl/α,β-unsaturated/α-hetero) is 1. The van der Waals surface area contributed by atoms with Gasteiger partial charge in [0.15, 0.2) is 17.3 Å². The summed E-state index contributed by atoms with van der Waals surface area (Å²) in [6.45, 7) is 1.58. The third-order valence-corrected chi connectivity index (χ3v) is 2.60. The summed E-state index contributed by atoms with van der Waals surface area (Å²) < 4.78 is 22.3. The van der Waals surface area contributed by atoms with Crippen LogP contribution in [-0.2, 0) is 0 Å². The van der Waals surface area contributed by atoms with Crippen LogP contribution in [0, 0.1) is 0 Å². The fraction of sp³-hybridized carbons (Fsp3) is 0.417. The first-order valence-electron chi connectivity index (χ1n) is 5.45. The summed E-state index contributed by atoms with van der Waals surface area (Å²) in [5.41, 5.74) is 0.535. The van der Waals surface area contributed by atoms with Crippen LogP contribution < -0.4 is 14.8 Å². The molecule has 1 aliphatic rings. The predicted octanol–water partition coefficient (Wildman–Crippen LogP) is 1.55. The molecule has 0 aliphatic carbocycles. The van der Waals surface area contributed by atoms with Crippen LogP contribution in [0.3, 0.4) is 0 Å². The molecule has 0 bridgehead atoms. The second kappa shape index (κ2) is 5.14. The van der Waals surface area contributed by atoms with E-state index in [1.54, 1.807) is 25.1 Å². The van der Waals surface area contributed by atoms with Gasteiger partial charge in [-0.15, -0.1) is 0 Å². The molecule has 17 heavy (non-hydrogen) atoms. The van der Waals surface area contributed by atoms with Crippen LogP contribution in [0.1, 0.15) is 17.3 Å². The zero-order chi connectivity index (χ0) is 12.3. The van der Waals surface area contributed by atoms with E-state index in [0.717, 1.165) is 0 Å². The molecule has 0 amide bonds. The summed E-state index contributed by atoms with van der Waals surface area (Å²) in [5.74, 6) is 1.14. The molecule has 5 heteroatoms. The maximum absolute atomic E-state index is 12.0. The average Bonchev–Trinajstić information content (AvgIpc) is 2.81. The van der Waals surface area contributed by atoms with Gasteiger partial charge in [-0.25, -0.2) is 4.39 Å². The van der Waals surface area contributed by atoms with Crippen molar-refractivity contribution in [3.05, 3.63) is 23.8 Å². The van der Waals surface area contributed by atoms with Gasteiger partial charge in [0.05, 0.1) is 6.04 Å². The van der Waals surface area contributed by atoms with Gasteiger partial charge in [0.2, 0.25) is 6.79 Å². The first-order chi connectivity index (χ1) is 8.22. The second-order valence-corrected chi connectivity index (χ2v) is 3.80. The van der Waals surface area contributed by atoms with Crippen molar-refractivity contribution in [3.63, 3.8) is 0 Å². The monoisotopic (exact) mass is 239 g/mol. The van der Waals surface area contributed by atoms with Crippen molar-refractivity contribution in [1.29, 1.82) is 0 Å². The largest absolute Gasteiger partial charge is 0.454 e. The topological polar surface area (TPSA) is 47.6 Å². The lowest BCUT2D eigenvalue weighted by Crippen LogP contribution is -2.35. The number of ether oxygens (including phenoxy) is 2. The first kappa shape index (κ1) is 11.9. The third kappa shape index (κ3) is 2.55. The van der Waals surface area contributed by atoms with E-state index in [1.807, 2.05) is 0 Å². The number of carbonyl (C=O) groups excluding carboxylic acids is 1. The van der Waals surface area contributed by atoms with Crippen molar-refractivity contribution in [2.45, 2.75) is 13.0 Å². The number of nitrogens with one attached hydrogen (secondary N) is 1. The Bertz CT molecular complexity index is 422. The number of hydrogen-bond acceptors (Lipinski definition) is 4. The normalized spacial score (nSPS) is 14.7. The Morgan fingerprint density at radius 3 is 3.00 bits per heavy atom. The SMILES string of the molecule is CC(NCCF)C(=O)c1ccc2c(c1)OCO2. The highest BCUT2D eigenvalue weighted by Gasteiger charge is 2.19. The summed E-state index contributed by atoms with van der Waals surface area (Å²) >= 11 is 0. The Morgan fingerprint density at radius 2 is 2.24 bits per heavy atom. The number of ketones is 1. The highest BCUT2D eigenvalue weighted by Crippen LogP contribution is 2.32. The van der Waals surface area contributed by atoms with E-state index >= 15 is 0 Å². The molecular formula is C12H14FNO3. The second-order valence-electron chi connectivity index (χ2n) is 3.80. The number of hydrogen-bond donors (Lipinski definition) is 1. The van der Waals surface area contributed by atoms with Gasteiger partial charge in [-0.2, -0.15) is 0 Å². The van der Waals surface area contributed by atoms with E-state index in [-0.39, 0.29) is 19.1 Å². The summed E-state index contributed by atoms with van der Waals surface area (Å²) in [5, 5.41) is 2.80. The number of carbonyl (C=O) groups is 1. The molecule has 4 nitrogen and oxygen atoms in total. The van der Waals surface area contributed by atoms with Crippen molar-refractivity contribution in [2.24, 2.45) is 0 Å². The number of alkyl halides is 1. The minimum absolute atomic E-state index is 0.0863. The maximum Gasteiger partial charge on any atom is 0.231 e. The number of fused-ring (bicyclic) bond motifs is 1. The van der Waals surface area contributed by atoms with Gasteiger partial charge in [-0.1, -0.05) is 0 Å². The lowest BCUT2D eigenvalue weighted by Gasteiger charge is -2.11. The van der Waals surface area contributed by atoms with Crippen LogP contribution in [0.5, 0.6) is 11.5 Å². The van der Waals surface area contributed by atoms with Crippen LogP contribution in [0.15, 0.2) is 18.2 Å². The molecule has 0 spiro atoms. The molecule has 92 valence electrons. The lowest BCUT2D eigenvalue weighted by molar-refractivity contribution is 0.0950. The van der Waals surface area contributed by atoms with Gasteiger partial charge in [0.25, 0.3) is 0 Å². The van der Waals surface area contributed by atoms with Crippen LogP contribution in [0.25, 0.3) is 0 Å². The molecule has 2 rings (SSSR count). The first-order valence-corrected chi connectivity index (χ1v) is 5.45. The quantitative estimate of drug-likeness (QED) is 0.792. The molecule has 1 aliphatic heterocycles. The molecule has 1 heterocycles. The predicted molar refractivity (Wildman–Crippen MR) is 60.3 cm³/mol. The van der Waals surface area contributed by atoms with Crippen molar-refractivity contribution < 1.29 is 18.7 Å². The molecule has 0 fully saturated rings. The maximum atomic E-state index is 12.0. The fourth-order valence-corrected chi connectivity index (χ4v) is 1.66. The van der Waals surface area contributed by atoms with Crippen LogP contribution >= 0.6 is 0 Å². The minimum atomic E-state index is -0.487. The van der Waals surface area contributed by atoms with Gasteiger partial charge in [0.1, 0.15) is 6.67 Å². The van der Waals surface area contributed by atoms with E-state index in [4.69, 9.17) is 9.47 Å². The summed E-state index contributed by atoms with van der Waals surface area (Å²) in [6, 6.07) is 4.63. The number of rotatable bonds is 5. The van der Waals surface area contributed by atoms with E-state index in [2.05, 4.69) is 5.32 Å². The Hall–Kier alpha value is -1.62. The van der Waals surface area contributed by atoms with Gasteiger partial charge >= 0.3 is 0 Å². The Balaban J connectivity index is 2.09. The smallest absolute Gasteiger partial charge is 0.231 e. The van der Waals surface area contributed by atoms with E-state index in [9.17, 15) is 9.18 Å². The standard InChI is InChI=1S/C12H14FNO3/c1-8(14-5-4-13)12(15)9-2-3-10-11(6-9)17-7-16-10/h2-3,6,8,14H,4-5,7H2,1H3. The summed E-state index contributed by atoms with van der Waals surface area (Å²) in [7, 11) is 0. The van der Waals surface area contributed by atoms with Gasteiger partial charge < -0.3 is 14.8 Å². The number of benzene rings is 1. The highest BCUT2D eigenvalue weighted by atomic mass is 19.1. The summed E-state index contributed by atoms with van der Waals surface area (Å²) in [6.07, 6.45) is 0. The van der Waals surface area contributed by atoms with Crippen LogP contribution in [-0.4, -0.2) is 31.8 Å². The molecule has 0 saturated heterocycles. The zero-order valence-corrected chi connectivity index (χ0v) is 9.53. The van der Waals surface area contributed by atoms with Gasteiger partial charge in [-0.05, 0) is 25.1 Å². The van der Waals surface area contributed by atoms with E-state index < -0.39 is 12.7 Å². The molecule has 0 aromatic heterocycles. The average molecular weight is 239 g/mol. The van der Waals surface area contributed by atoms with Crippen molar-refractivity contribution in [2.75, 3.05) is 20.0 Å². The molecule has 1 N–H and O–H groups in total. The van der Waals surface area contributed by atoms with Crippen molar-refractivity contribution in [3.8, 4) is 11.5 Å². The van der Waals surface area contributed by atoms with Crippen molar-refractivity contribution >= 4 is 5.78 Å². The van der Waals surface area contributed by atoms with Crippen LogP contribution in [0.2, 0.25) is 0 Å². The highest BCUT2D eigenvalue weighted by molar-refractivity contribution is 6.00. The molecule has 0 radical (unpaired) electrons. The fourth-order valence-electron chi connectivity index (χ4n) is 1.66. The van der Waals surface area contributed by atoms with Gasteiger partial charge in [-0.3, -0.25) is 4.79 Å². The molecule has 1 atom stereocenters. The zero-order valence-electron chi connectivity index (χ0n) is 9.53.